The monoisotopic (exact) mass is 245 g/mol. The third-order valence-corrected chi connectivity index (χ3v) is 0. The Morgan fingerprint density at radius 1 is 0.667 bits per heavy atom. The molecular weight excluding hydrogens is 241 g/mol. The third kappa shape index (κ3) is 339. The minimum atomic E-state index is -1.75. The van der Waals surface area contributed by atoms with E-state index in [0.29, 0.717) is 0 Å². The molecular formula is CH4AlN3O10. The number of nitrogens with zero attached hydrogens (tertiary/aromatic N) is 3. The van der Waals surface area contributed by atoms with Crippen molar-refractivity contribution in [3.8, 4) is 0 Å². The second kappa shape index (κ2) is 29.6. The van der Waals surface area contributed by atoms with Crippen molar-refractivity contribution in [1.82, 2.24) is 0 Å². The fraction of sp³-hybridized carbons (Fsp3) is 1.00. The standard InChI is InChI=1S/CH4O.Al.3NO3/c1-2;;3*2-1(3)4/h2H,1H3;;;;/q;+3;3*-1. The van der Waals surface area contributed by atoms with E-state index in [9.17, 15) is 0 Å². The summed E-state index contributed by atoms with van der Waals surface area (Å²) in [6.45, 7) is 0. The van der Waals surface area contributed by atoms with E-state index in [1.807, 2.05) is 0 Å². The molecule has 0 saturated carbocycles. The second-order valence-electron chi connectivity index (χ2n) is 0.671. The van der Waals surface area contributed by atoms with Crippen molar-refractivity contribution in [1.29, 1.82) is 0 Å². The van der Waals surface area contributed by atoms with Crippen molar-refractivity contribution in [2.75, 3.05) is 7.11 Å². The molecule has 0 aliphatic rings. The Bertz CT molecular complexity index is 118. The molecule has 0 amide bonds. The molecule has 0 atom stereocenters. The molecule has 0 unspecified atom stereocenters. The molecule has 14 heteroatoms. The molecule has 1 N–H and O–H groups in total. The summed E-state index contributed by atoms with van der Waals surface area (Å²) in [5, 5.41) is 51.2. The maximum atomic E-state index is 8.25. The van der Waals surface area contributed by atoms with Gasteiger partial charge < -0.3 is 51.1 Å². The zero-order chi connectivity index (χ0) is 12.7. The van der Waals surface area contributed by atoms with Crippen molar-refractivity contribution in [3.05, 3.63) is 46.0 Å². The first-order valence-corrected chi connectivity index (χ1v) is 2.09. The largest absolute Gasteiger partial charge is 3.00 e. The van der Waals surface area contributed by atoms with Crippen LogP contribution in [0.3, 0.4) is 0 Å². The number of aliphatic hydroxyl groups is 1. The Hall–Kier alpha value is -1.91. The number of hydrogen-bond donors (Lipinski definition) is 1. The van der Waals surface area contributed by atoms with Gasteiger partial charge in [0.25, 0.3) is 0 Å². The minimum absolute atomic E-state index is 0. The number of aliphatic hydroxyl groups excluding tert-OH is 1. The molecule has 0 fully saturated rings. The van der Waals surface area contributed by atoms with Gasteiger partial charge in [-0.05, 0) is 0 Å². The summed E-state index contributed by atoms with van der Waals surface area (Å²) in [5.41, 5.74) is 0. The zero-order valence-electron chi connectivity index (χ0n) is 7.04. The zero-order valence-corrected chi connectivity index (χ0v) is 8.20. The van der Waals surface area contributed by atoms with Crippen LogP contribution in [-0.2, 0) is 0 Å². The van der Waals surface area contributed by atoms with Gasteiger partial charge in [0.2, 0.25) is 0 Å². The number of hydrogen-bond acceptors (Lipinski definition) is 10. The average Bonchev–Trinajstić information content (AvgIpc) is 1.86. The van der Waals surface area contributed by atoms with E-state index in [-0.39, 0.29) is 17.4 Å². The molecule has 0 aliphatic carbocycles. The first-order valence-electron chi connectivity index (χ1n) is 2.09. The van der Waals surface area contributed by atoms with Crippen LogP contribution >= 0.6 is 0 Å². The van der Waals surface area contributed by atoms with Gasteiger partial charge in [-0.25, -0.2) is 0 Å². The molecule has 13 nitrogen and oxygen atoms in total. The predicted molar refractivity (Wildman–Crippen MR) is 45.0 cm³/mol. The number of rotatable bonds is 0. The van der Waals surface area contributed by atoms with Crippen molar-refractivity contribution >= 4 is 17.4 Å². The van der Waals surface area contributed by atoms with Gasteiger partial charge in [-0.1, -0.05) is 0 Å². The Labute approximate surface area is 91.6 Å². The fourth-order valence-electron chi connectivity index (χ4n) is 0. The first kappa shape index (κ1) is 29.2. The third-order valence-electron chi connectivity index (χ3n) is 0. The molecule has 0 aromatic rings. The van der Waals surface area contributed by atoms with Crippen LogP contribution in [0.25, 0.3) is 0 Å². The van der Waals surface area contributed by atoms with E-state index in [0.717, 1.165) is 7.11 Å². The van der Waals surface area contributed by atoms with E-state index in [1.165, 1.54) is 0 Å². The first-order chi connectivity index (χ1) is 6.20. The van der Waals surface area contributed by atoms with Crippen LogP contribution in [-0.4, -0.2) is 44.8 Å². The molecule has 0 saturated heterocycles. The smallest absolute Gasteiger partial charge is 0.400 e. The van der Waals surface area contributed by atoms with Crippen molar-refractivity contribution in [2.24, 2.45) is 0 Å². The molecule has 15 heavy (non-hydrogen) atoms. The van der Waals surface area contributed by atoms with Crippen LogP contribution in [0.1, 0.15) is 0 Å². The molecule has 0 rings (SSSR count). The van der Waals surface area contributed by atoms with Crippen LogP contribution < -0.4 is 0 Å². The molecule has 0 aliphatic heterocycles. The maximum Gasteiger partial charge on any atom is 3.00 e. The average molecular weight is 245 g/mol. The fourth-order valence-corrected chi connectivity index (χ4v) is 0. The molecule has 0 radical (unpaired) electrons. The van der Waals surface area contributed by atoms with E-state index in [4.69, 9.17) is 51.1 Å². The van der Waals surface area contributed by atoms with E-state index >= 15 is 0 Å². The van der Waals surface area contributed by atoms with Gasteiger partial charge in [-0.15, -0.1) is 0 Å². The molecule has 0 heterocycles. The van der Waals surface area contributed by atoms with Crippen LogP contribution in [0.4, 0.5) is 0 Å². The Morgan fingerprint density at radius 3 is 0.667 bits per heavy atom. The van der Waals surface area contributed by atoms with Crippen molar-refractivity contribution in [3.63, 3.8) is 0 Å². The van der Waals surface area contributed by atoms with Crippen molar-refractivity contribution in [2.45, 2.75) is 0 Å². The van der Waals surface area contributed by atoms with Gasteiger partial charge in [0, 0.05) is 7.11 Å². The normalized spacial score (nSPS) is 5.20. The quantitative estimate of drug-likeness (QED) is 0.295. The van der Waals surface area contributed by atoms with Crippen LogP contribution in [0.5, 0.6) is 0 Å². The van der Waals surface area contributed by atoms with E-state index in [1.54, 1.807) is 0 Å². The van der Waals surface area contributed by atoms with Gasteiger partial charge in [0.05, 0.1) is 15.3 Å². The van der Waals surface area contributed by atoms with E-state index in [2.05, 4.69) is 0 Å². The Kier molecular flexibility index (Phi) is 57.6. The summed E-state index contributed by atoms with van der Waals surface area (Å²) in [4.78, 5) is 24.8. The minimum Gasteiger partial charge on any atom is -0.400 e. The van der Waals surface area contributed by atoms with Crippen LogP contribution in [0.2, 0.25) is 0 Å². The molecule has 0 bridgehead atoms. The van der Waals surface area contributed by atoms with Gasteiger partial charge in [0.1, 0.15) is 0 Å². The Balaban J connectivity index is -0.0000000298. The summed E-state index contributed by atoms with van der Waals surface area (Å²) < 4.78 is 0. The molecule has 0 aromatic carbocycles. The van der Waals surface area contributed by atoms with E-state index < -0.39 is 15.3 Å². The summed E-state index contributed by atoms with van der Waals surface area (Å²) in [5.74, 6) is 0. The Morgan fingerprint density at radius 2 is 0.667 bits per heavy atom. The summed E-state index contributed by atoms with van der Waals surface area (Å²) in [6, 6.07) is 0. The molecule has 86 valence electrons. The molecule has 0 spiro atoms. The summed E-state index contributed by atoms with van der Waals surface area (Å²) >= 11 is 0. The SMILES string of the molecule is CO.O=[N+]([O-])[O-].O=[N+]([O-])[O-].O=[N+]([O-])[O-].[Al+3]. The maximum absolute atomic E-state index is 8.25. The van der Waals surface area contributed by atoms with Gasteiger partial charge in [0.15, 0.2) is 0 Å². The van der Waals surface area contributed by atoms with Gasteiger partial charge in [-0.3, -0.25) is 0 Å². The van der Waals surface area contributed by atoms with Crippen LogP contribution in [0.15, 0.2) is 0 Å². The topological polar surface area (TPSA) is 219 Å². The van der Waals surface area contributed by atoms with Gasteiger partial charge in [-0.2, -0.15) is 0 Å². The van der Waals surface area contributed by atoms with Gasteiger partial charge >= 0.3 is 17.4 Å². The molecule has 0 aromatic heterocycles. The van der Waals surface area contributed by atoms with Crippen molar-refractivity contribution < 1.29 is 20.4 Å². The predicted octanol–water partition coefficient (Wildman–Crippen LogP) is -1.49. The summed E-state index contributed by atoms with van der Waals surface area (Å²) in [7, 11) is 1.00. The van der Waals surface area contributed by atoms with Crippen LogP contribution in [0, 0.1) is 46.0 Å². The second-order valence-corrected chi connectivity index (χ2v) is 0.671. The summed E-state index contributed by atoms with van der Waals surface area (Å²) in [6.07, 6.45) is 0.